The van der Waals surface area contributed by atoms with Gasteiger partial charge in [0.25, 0.3) is 11.8 Å². The molecule has 6 heteroatoms. The van der Waals surface area contributed by atoms with Gasteiger partial charge in [0, 0.05) is 16.0 Å². The highest BCUT2D eigenvalue weighted by Crippen LogP contribution is 2.10. The van der Waals surface area contributed by atoms with Crippen LogP contribution in [0.15, 0.2) is 48.8 Å². The minimum atomic E-state index is -0.410. The number of pyridine rings is 1. The Morgan fingerprint density at radius 3 is 2.42 bits per heavy atom. The molecule has 0 fully saturated rings. The number of rotatable bonds is 2. The largest absolute Gasteiger partial charge is 0.271 e. The van der Waals surface area contributed by atoms with E-state index in [1.54, 1.807) is 30.5 Å². The molecule has 0 saturated heterocycles. The second-order valence-electron chi connectivity index (χ2n) is 3.63. The summed E-state index contributed by atoms with van der Waals surface area (Å²) in [5.74, 6) is -0.769. The summed E-state index contributed by atoms with van der Waals surface area (Å²) in [5, 5.41) is 0. The Morgan fingerprint density at radius 2 is 1.74 bits per heavy atom. The van der Waals surface area contributed by atoms with Gasteiger partial charge >= 0.3 is 0 Å². The molecule has 19 heavy (non-hydrogen) atoms. The zero-order chi connectivity index (χ0) is 13.7. The molecule has 0 saturated carbocycles. The Kier molecular flexibility index (Phi) is 4.45. The molecule has 2 rings (SSSR count). The quantitative estimate of drug-likeness (QED) is 0.628. The lowest BCUT2D eigenvalue weighted by molar-refractivity contribution is 0.0846. The van der Waals surface area contributed by atoms with Gasteiger partial charge in [-0.2, -0.15) is 0 Å². The van der Waals surface area contributed by atoms with E-state index in [0.29, 0.717) is 11.1 Å². The van der Waals surface area contributed by atoms with E-state index in [9.17, 15) is 9.59 Å². The van der Waals surface area contributed by atoms with Crippen LogP contribution < -0.4 is 10.9 Å². The van der Waals surface area contributed by atoms with E-state index in [-0.39, 0.29) is 5.91 Å². The van der Waals surface area contributed by atoms with Crippen molar-refractivity contribution >= 4 is 34.4 Å². The number of carbonyl (C=O) groups excluding carboxylic acids is 2. The Morgan fingerprint density at radius 1 is 1.00 bits per heavy atom. The third-order valence-electron chi connectivity index (χ3n) is 2.33. The zero-order valence-electron chi connectivity index (χ0n) is 9.76. The van der Waals surface area contributed by atoms with Crippen molar-refractivity contribution in [1.82, 2.24) is 15.8 Å². The number of benzene rings is 1. The molecule has 2 aromatic rings. The van der Waals surface area contributed by atoms with Gasteiger partial charge in [-0.1, -0.05) is 12.1 Å². The van der Waals surface area contributed by atoms with Crippen molar-refractivity contribution in [2.45, 2.75) is 0 Å². The monoisotopic (exact) mass is 367 g/mol. The van der Waals surface area contributed by atoms with Crippen LogP contribution in [0.1, 0.15) is 20.7 Å². The summed E-state index contributed by atoms with van der Waals surface area (Å²) in [7, 11) is 0. The minimum Gasteiger partial charge on any atom is -0.267 e. The summed E-state index contributed by atoms with van der Waals surface area (Å²) in [6.07, 6.45) is 3.00. The molecule has 0 atom stereocenters. The first kappa shape index (κ1) is 13.5. The van der Waals surface area contributed by atoms with Crippen LogP contribution in [-0.4, -0.2) is 16.8 Å². The Hall–Kier alpha value is -1.96. The molecular weight excluding hydrogens is 357 g/mol. The van der Waals surface area contributed by atoms with Gasteiger partial charge in [-0.05, 0) is 46.9 Å². The fraction of sp³-hybridized carbons (Fsp3) is 0. The van der Waals surface area contributed by atoms with Crippen LogP contribution in [-0.2, 0) is 0 Å². The lowest BCUT2D eigenvalue weighted by atomic mass is 10.2. The average Bonchev–Trinajstić information content (AvgIpc) is 2.46. The number of hydrogen-bond acceptors (Lipinski definition) is 3. The second kappa shape index (κ2) is 6.28. The maximum atomic E-state index is 11.9. The van der Waals surface area contributed by atoms with Gasteiger partial charge < -0.3 is 0 Å². The number of amides is 2. The predicted octanol–water partition coefficient (Wildman–Crippen LogP) is 1.76. The SMILES string of the molecule is O=C(NNC(=O)c1ccccc1I)c1cccnc1. The van der Waals surface area contributed by atoms with E-state index in [1.807, 2.05) is 12.1 Å². The number of hydrazine groups is 1. The van der Waals surface area contributed by atoms with E-state index >= 15 is 0 Å². The topological polar surface area (TPSA) is 71.1 Å². The minimum absolute atomic E-state index is 0.359. The molecule has 2 N–H and O–H groups in total. The van der Waals surface area contributed by atoms with E-state index in [2.05, 4.69) is 38.4 Å². The smallest absolute Gasteiger partial charge is 0.267 e. The van der Waals surface area contributed by atoms with Crippen molar-refractivity contribution in [3.05, 3.63) is 63.5 Å². The maximum Gasteiger partial charge on any atom is 0.271 e. The van der Waals surface area contributed by atoms with Crippen LogP contribution in [0, 0.1) is 3.57 Å². The number of carbonyl (C=O) groups is 2. The standard InChI is InChI=1S/C13H10IN3O2/c14-11-6-2-1-5-10(11)13(19)17-16-12(18)9-4-3-7-15-8-9/h1-8H,(H,16,18)(H,17,19). The Bertz CT molecular complexity index is 602. The van der Waals surface area contributed by atoms with Gasteiger partial charge in [-0.15, -0.1) is 0 Å². The maximum absolute atomic E-state index is 11.9. The lowest BCUT2D eigenvalue weighted by Crippen LogP contribution is -2.41. The summed E-state index contributed by atoms with van der Waals surface area (Å²) in [5.41, 5.74) is 5.60. The highest BCUT2D eigenvalue weighted by atomic mass is 127. The van der Waals surface area contributed by atoms with Gasteiger partial charge in [-0.3, -0.25) is 25.4 Å². The first-order valence-corrected chi connectivity index (χ1v) is 6.51. The lowest BCUT2D eigenvalue weighted by Gasteiger charge is -2.08. The molecule has 0 radical (unpaired) electrons. The summed E-state index contributed by atoms with van der Waals surface area (Å²) >= 11 is 2.06. The first-order chi connectivity index (χ1) is 9.18. The van der Waals surface area contributed by atoms with Crippen molar-refractivity contribution in [3.8, 4) is 0 Å². The number of hydrogen-bond donors (Lipinski definition) is 2. The molecule has 0 aliphatic carbocycles. The molecule has 1 aromatic heterocycles. The molecule has 0 bridgehead atoms. The molecule has 0 spiro atoms. The van der Waals surface area contributed by atoms with Crippen LogP contribution in [0.2, 0.25) is 0 Å². The molecular formula is C13H10IN3O2. The summed E-state index contributed by atoms with van der Waals surface area (Å²) in [6, 6.07) is 10.4. The number of nitrogens with zero attached hydrogens (tertiary/aromatic N) is 1. The predicted molar refractivity (Wildman–Crippen MR) is 78.3 cm³/mol. The van der Waals surface area contributed by atoms with Crippen LogP contribution in [0.25, 0.3) is 0 Å². The van der Waals surface area contributed by atoms with E-state index in [0.717, 1.165) is 3.57 Å². The molecule has 0 aliphatic heterocycles. The van der Waals surface area contributed by atoms with Crippen LogP contribution in [0.4, 0.5) is 0 Å². The number of aromatic nitrogens is 1. The third kappa shape index (κ3) is 3.50. The second-order valence-corrected chi connectivity index (χ2v) is 4.79. The fourth-order valence-corrected chi connectivity index (χ4v) is 2.03. The molecule has 96 valence electrons. The molecule has 0 unspecified atom stereocenters. The number of halogens is 1. The van der Waals surface area contributed by atoms with Crippen molar-refractivity contribution in [3.63, 3.8) is 0 Å². The molecule has 1 aromatic carbocycles. The molecule has 2 amide bonds. The van der Waals surface area contributed by atoms with Crippen LogP contribution >= 0.6 is 22.6 Å². The van der Waals surface area contributed by atoms with Crippen molar-refractivity contribution in [2.24, 2.45) is 0 Å². The summed E-state index contributed by atoms with van der Waals surface area (Å²) in [4.78, 5) is 27.4. The Labute approximate surface area is 123 Å². The summed E-state index contributed by atoms with van der Waals surface area (Å²) < 4.78 is 0.813. The van der Waals surface area contributed by atoms with Crippen LogP contribution in [0.5, 0.6) is 0 Å². The van der Waals surface area contributed by atoms with E-state index in [1.165, 1.54) is 6.20 Å². The van der Waals surface area contributed by atoms with Gasteiger partial charge in [0.05, 0.1) is 11.1 Å². The Balaban J connectivity index is 1.98. The molecule has 1 heterocycles. The van der Waals surface area contributed by atoms with Gasteiger partial charge in [-0.25, -0.2) is 0 Å². The normalized spacial score (nSPS) is 9.74. The van der Waals surface area contributed by atoms with Crippen molar-refractivity contribution in [1.29, 1.82) is 0 Å². The average molecular weight is 367 g/mol. The van der Waals surface area contributed by atoms with Crippen molar-refractivity contribution in [2.75, 3.05) is 0 Å². The highest BCUT2D eigenvalue weighted by Gasteiger charge is 2.10. The first-order valence-electron chi connectivity index (χ1n) is 5.43. The number of nitrogens with one attached hydrogen (secondary N) is 2. The van der Waals surface area contributed by atoms with Crippen molar-refractivity contribution < 1.29 is 9.59 Å². The molecule has 0 aliphatic rings. The molecule has 5 nitrogen and oxygen atoms in total. The van der Waals surface area contributed by atoms with E-state index in [4.69, 9.17) is 0 Å². The van der Waals surface area contributed by atoms with E-state index < -0.39 is 5.91 Å². The fourth-order valence-electron chi connectivity index (χ4n) is 1.40. The third-order valence-corrected chi connectivity index (χ3v) is 3.27. The van der Waals surface area contributed by atoms with Gasteiger partial charge in [0.2, 0.25) is 0 Å². The van der Waals surface area contributed by atoms with Crippen LogP contribution in [0.3, 0.4) is 0 Å². The van der Waals surface area contributed by atoms with Gasteiger partial charge in [0.1, 0.15) is 0 Å². The highest BCUT2D eigenvalue weighted by molar-refractivity contribution is 14.1. The van der Waals surface area contributed by atoms with Gasteiger partial charge in [0.15, 0.2) is 0 Å². The zero-order valence-corrected chi connectivity index (χ0v) is 11.9. The summed E-state index contributed by atoms with van der Waals surface area (Å²) in [6.45, 7) is 0.